The van der Waals surface area contributed by atoms with Crippen LogP contribution in [0.3, 0.4) is 0 Å². The normalized spacial score (nSPS) is 24.5. The molecule has 0 spiro atoms. The molecule has 2 aliphatic rings. The number of nitrogens with zero attached hydrogens (tertiary/aromatic N) is 4. The Labute approximate surface area is 164 Å². The number of halogens is 5. The molecule has 1 atom stereocenters. The van der Waals surface area contributed by atoms with Crippen molar-refractivity contribution in [3.05, 3.63) is 28.7 Å². The van der Waals surface area contributed by atoms with Gasteiger partial charge in [-0.05, 0) is 12.8 Å². The molecule has 156 valence electrons. The van der Waals surface area contributed by atoms with Crippen LogP contribution >= 0.6 is 11.6 Å². The van der Waals surface area contributed by atoms with Crippen LogP contribution < -0.4 is 16.4 Å². The van der Waals surface area contributed by atoms with Crippen molar-refractivity contribution in [1.82, 2.24) is 25.3 Å². The van der Waals surface area contributed by atoms with Gasteiger partial charge in [-0.1, -0.05) is 11.6 Å². The van der Waals surface area contributed by atoms with Gasteiger partial charge in [0, 0.05) is 39.1 Å². The topological polar surface area (TPSA) is 83.5 Å². The second kappa shape index (κ2) is 7.88. The molecule has 7 nitrogen and oxygen atoms in total. The van der Waals surface area contributed by atoms with Gasteiger partial charge in [-0.2, -0.15) is 18.3 Å². The fourth-order valence-electron chi connectivity index (χ4n) is 3.40. The van der Waals surface area contributed by atoms with E-state index in [2.05, 4.69) is 20.7 Å². The van der Waals surface area contributed by atoms with Crippen LogP contribution in [0.25, 0.3) is 0 Å². The third-order valence-corrected chi connectivity index (χ3v) is 5.23. The Hall–Kier alpha value is -1.85. The van der Waals surface area contributed by atoms with Gasteiger partial charge >= 0.3 is 6.18 Å². The highest BCUT2D eigenvalue weighted by molar-refractivity contribution is 6.30. The number of piperidine rings is 1. The molecule has 1 fully saturated rings. The lowest BCUT2D eigenvalue weighted by Crippen LogP contribution is -2.52. The fourth-order valence-corrected chi connectivity index (χ4v) is 3.68. The number of likely N-dealkylation sites (tertiary alicyclic amines) is 1. The highest BCUT2D eigenvalue weighted by Gasteiger charge is 2.43. The van der Waals surface area contributed by atoms with Crippen molar-refractivity contribution < 1.29 is 17.6 Å². The second-order valence-electron chi connectivity index (χ2n) is 6.75. The maximum atomic E-state index is 13.1. The van der Waals surface area contributed by atoms with E-state index in [9.17, 15) is 17.6 Å². The molecule has 1 saturated heterocycles. The van der Waals surface area contributed by atoms with Crippen molar-refractivity contribution >= 4 is 17.4 Å². The molecule has 28 heavy (non-hydrogen) atoms. The van der Waals surface area contributed by atoms with Crippen LogP contribution in [0.4, 0.5) is 17.6 Å². The van der Waals surface area contributed by atoms with E-state index >= 15 is 0 Å². The van der Waals surface area contributed by atoms with Gasteiger partial charge in [0.05, 0.1) is 11.6 Å². The summed E-state index contributed by atoms with van der Waals surface area (Å²) in [5, 5.41) is 9.26. The third kappa shape index (κ3) is 4.11. The standard InChI is InChI=1S/C16H22ClF4N7/c1-23-14-11(15(19,20)21)8-24-16(22,25-14)12-9-28(26-13(12)17)10-2-5-27(6-3-10)7-4-18/h8-10,24H,2-7,22H2,1H3,(H,23,25). The maximum absolute atomic E-state index is 13.1. The van der Waals surface area contributed by atoms with Gasteiger partial charge in [-0.25, -0.2) is 9.38 Å². The number of amidine groups is 1. The van der Waals surface area contributed by atoms with Gasteiger partial charge in [0.25, 0.3) is 0 Å². The Morgan fingerprint density at radius 2 is 2.07 bits per heavy atom. The Kier molecular flexibility index (Phi) is 5.87. The van der Waals surface area contributed by atoms with Crippen LogP contribution in [0.2, 0.25) is 5.15 Å². The number of rotatable bonds is 4. The highest BCUT2D eigenvalue weighted by Crippen LogP contribution is 2.34. The predicted octanol–water partition coefficient (Wildman–Crippen LogP) is 1.88. The molecule has 2 aliphatic heterocycles. The summed E-state index contributed by atoms with van der Waals surface area (Å²) < 4.78 is 53.5. The minimum absolute atomic E-state index is 0.0448. The summed E-state index contributed by atoms with van der Waals surface area (Å²) in [5.41, 5.74) is 5.53. The second-order valence-corrected chi connectivity index (χ2v) is 7.11. The largest absolute Gasteiger partial charge is 0.421 e. The monoisotopic (exact) mass is 423 g/mol. The zero-order valence-corrected chi connectivity index (χ0v) is 16.0. The molecule has 0 bridgehead atoms. The van der Waals surface area contributed by atoms with Crippen LogP contribution in [0.1, 0.15) is 24.4 Å². The molecule has 3 heterocycles. The summed E-state index contributed by atoms with van der Waals surface area (Å²) in [6, 6.07) is 0.0448. The predicted molar refractivity (Wildman–Crippen MR) is 97.6 cm³/mol. The summed E-state index contributed by atoms with van der Waals surface area (Å²) >= 11 is 6.24. The number of likely N-dealkylation sites (N-methyl/N-ethyl adjacent to an activating group) is 1. The average molecular weight is 424 g/mol. The molecule has 1 aromatic heterocycles. The van der Waals surface area contributed by atoms with Crippen molar-refractivity contribution in [2.45, 2.75) is 30.8 Å². The van der Waals surface area contributed by atoms with Crippen LogP contribution in [-0.4, -0.2) is 60.0 Å². The summed E-state index contributed by atoms with van der Waals surface area (Å²) in [6.45, 7) is 1.48. The number of aromatic nitrogens is 2. The SMILES string of the molecule is CNC1=NC(N)(c2cn(C3CCN(CCF)CC3)nc2Cl)NC=C1C(F)(F)F. The summed E-state index contributed by atoms with van der Waals surface area (Å²) in [5.74, 6) is -2.07. The first kappa shape index (κ1) is 20.9. The van der Waals surface area contributed by atoms with Gasteiger partial charge in [0.15, 0.2) is 5.15 Å². The molecule has 0 saturated carbocycles. The van der Waals surface area contributed by atoms with E-state index in [0.29, 0.717) is 6.54 Å². The molecule has 1 aromatic rings. The van der Waals surface area contributed by atoms with Crippen molar-refractivity contribution in [3.8, 4) is 0 Å². The number of nitrogens with two attached hydrogens (primary N) is 1. The van der Waals surface area contributed by atoms with Crippen molar-refractivity contribution in [2.24, 2.45) is 10.7 Å². The van der Waals surface area contributed by atoms with Gasteiger partial charge in [-0.15, -0.1) is 0 Å². The number of aliphatic imine (C=N–C) groups is 1. The van der Waals surface area contributed by atoms with E-state index in [1.807, 2.05) is 4.90 Å². The minimum atomic E-state index is -4.59. The van der Waals surface area contributed by atoms with E-state index < -0.39 is 23.4 Å². The lowest BCUT2D eigenvalue weighted by Gasteiger charge is -2.32. The summed E-state index contributed by atoms with van der Waals surface area (Å²) in [7, 11) is 1.33. The lowest BCUT2D eigenvalue weighted by atomic mass is 10.1. The molecule has 0 amide bonds. The van der Waals surface area contributed by atoms with Gasteiger partial charge in [-0.3, -0.25) is 10.4 Å². The number of nitrogens with one attached hydrogen (secondary N) is 2. The molecule has 0 radical (unpaired) electrons. The summed E-state index contributed by atoms with van der Waals surface area (Å²) in [6.07, 6.45) is -0.690. The van der Waals surface area contributed by atoms with Gasteiger partial charge < -0.3 is 15.5 Å². The number of hydrogen-bond donors (Lipinski definition) is 3. The molecule has 0 aliphatic carbocycles. The molecular weight excluding hydrogens is 402 g/mol. The van der Waals surface area contributed by atoms with E-state index in [0.717, 1.165) is 32.1 Å². The maximum Gasteiger partial charge on any atom is 0.421 e. The fraction of sp³-hybridized carbons (Fsp3) is 0.625. The van der Waals surface area contributed by atoms with Crippen LogP contribution in [-0.2, 0) is 5.79 Å². The quantitative estimate of drug-likeness (QED) is 0.644. The number of alkyl halides is 4. The smallest absolute Gasteiger partial charge is 0.373 e. The summed E-state index contributed by atoms with van der Waals surface area (Å²) in [4.78, 5) is 6.03. The minimum Gasteiger partial charge on any atom is -0.373 e. The first-order chi connectivity index (χ1) is 13.2. The molecule has 1 unspecified atom stereocenters. The first-order valence-electron chi connectivity index (χ1n) is 8.83. The van der Waals surface area contributed by atoms with Crippen LogP contribution in [0, 0.1) is 0 Å². The van der Waals surface area contributed by atoms with Crippen LogP contribution in [0.5, 0.6) is 0 Å². The molecule has 4 N–H and O–H groups in total. The van der Waals surface area contributed by atoms with Gasteiger partial charge in [0.1, 0.15) is 18.1 Å². The van der Waals surface area contributed by atoms with E-state index in [4.69, 9.17) is 17.3 Å². The zero-order chi connectivity index (χ0) is 20.5. The lowest BCUT2D eigenvalue weighted by molar-refractivity contribution is -0.0872. The van der Waals surface area contributed by atoms with Crippen molar-refractivity contribution in [3.63, 3.8) is 0 Å². The van der Waals surface area contributed by atoms with E-state index in [-0.39, 0.29) is 23.4 Å². The Bertz CT molecular complexity index is 768. The Balaban J connectivity index is 1.82. The number of hydrogen-bond acceptors (Lipinski definition) is 6. The Morgan fingerprint density at radius 1 is 1.39 bits per heavy atom. The molecule has 12 heteroatoms. The van der Waals surface area contributed by atoms with Crippen molar-refractivity contribution in [2.75, 3.05) is 33.4 Å². The molecule has 3 rings (SSSR count). The van der Waals surface area contributed by atoms with E-state index in [1.54, 1.807) is 10.9 Å². The third-order valence-electron chi connectivity index (χ3n) is 4.95. The molecular formula is C16H22ClF4N7. The van der Waals surface area contributed by atoms with Crippen LogP contribution in [0.15, 0.2) is 23.0 Å². The zero-order valence-electron chi connectivity index (χ0n) is 15.2. The molecule has 0 aromatic carbocycles. The average Bonchev–Trinajstić information content (AvgIpc) is 3.04. The highest BCUT2D eigenvalue weighted by atomic mass is 35.5. The van der Waals surface area contributed by atoms with E-state index in [1.165, 1.54) is 7.05 Å². The van der Waals surface area contributed by atoms with Crippen molar-refractivity contribution in [1.29, 1.82) is 0 Å². The first-order valence-corrected chi connectivity index (χ1v) is 9.21. The Morgan fingerprint density at radius 3 is 2.64 bits per heavy atom. The van der Waals surface area contributed by atoms with Gasteiger partial charge in [0.2, 0.25) is 5.79 Å².